The molecule has 1 heterocycles. The van der Waals surface area contributed by atoms with Crippen molar-refractivity contribution in [2.75, 3.05) is 18.8 Å². The normalized spacial score (nSPS) is 16.9. The molecular formula is C12H15F3N2. The zero-order valence-corrected chi connectivity index (χ0v) is 9.43. The predicted molar refractivity (Wildman–Crippen MR) is 60.5 cm³/mol. The minimum Gasteiger partial charge on any atom is -0.399 e. The van der Waals surface area contributed by atoms with Crippen molar-refractivity contribution in [2.24, 2.45) is 0 Å². The van der Waals surface area contributed by atoms with Crippen LogP contribution >= 0.6 is 0 Å². The summed E-state index contributed by atoms with van der Waals surface area (Å²) in [6.45, 7) is 1.32. The SMILES string of the molecule is Nc1ccc2c(c1)CN(CCC(F)(F)F)CC2. The van der Waals surface area contributed by atoms with Gasteiger partial charge in [0.1, 0.15) is 0 Å². The van der Waals surface area contributed by atoms with E-state index < -0.39 is 12.6 Å². The zero-order chi connectivity index (χ0) is 12.5. The summed E-state index contributed by atoms with van der Waals surface area (Å²) in [7, 11) is 0. The average Bonchev–Trinajstić information content (AvgIpc) is 2.24. The first kappa shape index (κ1) is 12.2. The molecule has 17 heavy (non-hydrogen) atoms. The van der Waals surface area contributed by atoms with Crippen LogP contribution in [0.15, 0.2) is 18.2 Å². The van der Waals surface area contributed by atoms with Gasteiger partial charge in [0.05, 0.1) is 6.42 Å². The lowest BCUT2D eigenvalue weighted by atomic mass is 9.99. The first-order valence-electron chi connectivity index (χ1n) is 5.60. The number of nitrogens with zero attached hydrogens (tertiary/aromatic N) is 1. The lowest BCUT2D eigenvalue weighted by Gasteiger charge is -2.29. The van der Waals surface area contributed by atoms with Crippen LogP contribution in [-0.2, 0) is 13.0 Å². The van der Waals surface area contributed by atoms with Gasteiger partial charge in [-0.1, -0.05) is 6.07 Å². The molecule has 5 heteroatoms. The van der Waals surface area contributed by atoms with E-state index in [0.717, 1.165) is 12.0 Å². The van der Waals surface area contributed by atoms with Gasteiger partial charge in [-0.3, -0.25) is 4.90 Å². The second-order valence-electron chi connectivity index (χ2n) is 4.42. The van der Waals surface area contributed by atoms with E-state index in [1.165, 1.54) is 5.56 Å². The smallest absolute Gasteiger partial charge is 0.390 e. The number of halogens is 3. The first-order chi connectivity index (χ1) is 7.94. The van der Waals surface area contributed by atoms with Crippen LogP contribution in [0.1, 0.15) is 17.5 Å². The Morgan fingerprint density at radius 1 is 1.24 bits per heavy atom. The molecule has 2 N–H and O–H groups in total. The van der Waals surface area contributed by atoms with Gasteiger partial charge >= 0.3 is 6.18 Å². The Morgan fingerprint density at radius 3 is 2.71 bits per heavy atom. The molecule has 0 saturated carbocycles. The maximum atomic E-state index is 12.1. The van der Waals surface area contributed by atoms with E-state index in [1.807, 2.05) is 23.1 Å². The van der Waals surface area contributed by atoms with Crippen molar-refractivity contribution in [3.05, 3.63) is 29.3 Å². The van der Waals surface area contributed by atoms with Crippen LogP contribution in [0.3, 0.4) is 0 Å². The van der Waals surface area contributed by atoms with Crippen LogP contribution in [-0.4, -0.2) is 24.2 Å². The second-order valence-corrected chi connectivity index (χ2v) is 4.42. The fraction of sp³-hybridized carbons (Fsp3) is 0.500. The zero-order valence-electron chi connectivity index (χ0n) is 9.43. The molecule has 1 aromatic carbocycles. The molecule has 0 aliphatic carbocycles. The Kier molecular flexibility index (Phi) is 3.28. The minimum absolute atomic E-state index is 0.0672. The molecule has 0 radical (unpaired) electrons. The Balaban J connectivity index is 1.98. The highest BCUT2D eigenvalue weighted by molar-refractivity contribution is 5.45. The van der Waals surface area contributed by atoms with Crippen molar-refractivity contribution < 1.29 is 13.2 Å². The minimum atomic E-state index is -4.07. The molecule has 0 amide bonds. The molecular weight excluding hydrogens is 229 g/mol. The van der Waals surface area contributed by atoms with Crippen LogP contribution in [0.5, 0.6) is 0 Å². The van der Waals surface area contributed by atoms with Gasteiger partial charge in [-0.2, -0.15) is 13.2 Å². The number of nitrogens with two attached hydrogens (primary N) is 1. The predicted octanol–water partition coefficient (Wildman–Crippen LogP) is 2.58. The average molecular weight is 244 g/mol. The summed E-state index contributed by atoms with van der Waals surface area (Å²) in [6.07, 6.45) is -4.02. The molecule has 0 aromatic heterocycles. The van der Waals surface area contributed by atoms with Gasteiger partial charge in [-0.15, -0.1) is 0 Å². The topological polar surface area (TPSA) is 29.3 Å². The third-order valence-electron chi connectivity index (χ3n) is 3.03. The second kappa shape index (κ2) is 4.56. The van der Waals surface area contributed by atoms with Crippen molar-refractivity contribution in [2.45, 2.75) is 25.6 Å². The van der Waals surface area contributed by atoms with Crippen LogP contribution < -0.4 is 5.73 Å². The molecule has 0 saturated heterocycles. The van der Waals surface area contributed by atoms with Crippen molar-refractivity contribution in [1.29, 1.82) is 0 Å². The quantitative estimate of drug-likeness (QED) is 0.810. The van der Waals surface area contributed by atoms with Crippen LogP contribution in [0.25, 0.3) is 0 Å². The first-order valence-corrected chi connectivity index (χ1v) is 5.60. The summed E-state index contributed by atoms with van der Waals surface area (Å²) in [4.78, 5) is 1.83. The van der Waals surface area contributed by atoms with Crippen LogP contribution in [0.2, 0.25) is 0 Å². The monoisotopic (exact) mass is 244 g/mol. The number of hydrogen-bond donors (Lipinski definition) is 1. The summed E-state index contributed by atoms with van der Waals surface area (Å²) in [5, 5.41) is 0. The maximum absolute atomic E-state index is 12.1. The Morgan fingerprint density at radius 2 is 2.00 bits per heavy atom. The molecule has 1 aliphatic heterocycles. The van der Waals surface area contributed by atoms with Gasteiger partial charge < -0.3 is 5.73 Å². The highest BCUT2D eigenvalue weighted by atomic mass is 19.4. The maximum Gasteiger partial charge on any atom is 0.390 e. The number of nitrogen functional groups attached to an aromatic ring is 1. The van der Waals surface area contributed by atoms with Gasteiger partial charge in [0.25, 0.3) is 0 Å². The van der Waals surface area contributed by atoms with E-state index in [2.05, 4.69) is 0 Å². The molecule has 94 valence electrons. The summed E-state index contributed by atoms with van der Waals surface area (Å²) in [6, 6.07) is 5.66. The molecule has 1 aliphatic rings. The van der Waals surface area contributed by atoms with Gasteiger partial charge in [0, 0.05) is 25.3 Å². The van der Waals surface area contributed by atoms with E-state index in [-0.39, 0.29) is 6.54 Å². The third kappa shape index (κ3) is 3.36. The molecule has 0 atom stereocenters. The van der Waals surface area contributed by atoms with Crippen molar-refractivity contribution in [1.82, 2.24) is 4.90 Å². The molecule has 0 spiro atoms. The number of anilines is 1. The van der Waals surface area contributed by atoms with Gasteiger partial charge in [-0.25, -0.2) is 0 Å². The van der Waals surface area contributed by atoms with E-state index in [9.17, 15) is 13.2 Å². The third-order valence-corrected chi connectivity index (χ3v) is 3.03. The fourth-order valence-corrected chi connectivity index (χ4v) is 2.11. The van der Waals surface area contributed by atoms with E-state index in [4.69, 9.17) is 5.73 Å². The molecule has 0 fully saturated rings. The Bertz CT molecular complexity index is 401. The standard InChI is InChI=1S/C12H15F3N2/c13-12(14,15)4-6-17-5-3-9-1-2-11(16)7-10(9)8-17/h1-2,7H,3-6,8,16H2. The molecule has 1 aromatic rings. The molecule has 0 bridgehead atoms. The lowest BCUT2D eigenvalue weighted by Crippen LogP contribution is -2.33. The molecule has 0 unspecified atom stereocenters. The lowest BCUT2D eigenvalue weighted by molar-refractivity contribution is -0.138. The van der Waals surface area contributed by atoms with Crippen molar-refractivity contribution in [3.8, 4) is 0 Å². The summed E-state index contributed by atoms with van der Waals surface area (Å²) in [5.74, 6) is 0. The summed E-state index contributed by atoms with van der Waals surface area (Å²) in [5.41, 5.74) is 8.59. The number of rotatable bonds is 2. The summed E-state index contributed by atoms with van der Waals surface area (Å²) >= 11 is 0. The largest absolute Gasteiger partial charge is 0.399 e. The number of fused-ring (bicyclic) bond motifs is 1. The highest BCUT2D eigenvalue weighted by Crippen LogP contribution is 2.24. The van der Waals surface area contributed by atoms with E-state index >= 15 is 0 Å². The fourth-order valence-electron chi connectivity index (χ4n) is 2.11. The van der Waals surface area contributed by atoms with Crippen molar-refractivity contribution in [3.63, 3.8) is 0 Å². The Hall–Kier alpha value is -1.23. The van der Waals surface area contributed by atoms with E-state index in [1.54, 1.807) is 0 Å². The number of alkyl halides is 3. The van der Waals surface area contributed by atoms with Crippen molar-refractivity contribution >= 4 is 5.69 Å². The Labute approximate surface area is 98.2 Å². The number of benzene rings is 1. The molecule has 2 rings (SSSR count). The van der Waals surface area contributed by atoms with Gasteiger partial charge in [0.2, 0.25) is 0 Å². The highest BCUT2D eigenvalue weighted by Gasteiger charge is 2.28. The van der Waals surface area contributed by atoms with Gasteiger partial charge in [0.15, 0.2) is 0 Å². The molecule has 2 nitrogen and oxygen atoms in total. The summed E-state index contributed by atoms with van der Waals surface area (Å²) < 4.78 is 36.4. The van der Waals surface area contributed by atoms with Gasteiger partial charge in [-0.05, 0) is 29.7 Å². The van der Waals surface area contributed by atoms with E-state index in [0.29, 0.717) is 18.8 Å². The van der Waals surface area contributed by atoms with Crippen LogP contribution in [0.4, 0.5) is 18.9 Å². The van der Waals surface area contributed by atoms with Crippen LogP contribution in [0, 0.1) is 0 Å². The number of hydrogen-bond acceptors (Lipinski definition) is 2.